The van der Waals surface area contributed by atoms with Crippen LogP contribution in [0.15, 0.2) is 0 Å². The van der Waals surface area contributed by atoms with Crippen LogP contribution in [0.3, 0.4) is 0 Å². The highest BCUT2D eigenvalue weighted by Gasteiger charge is 1.76. The topological polar surface area (TPSA) is 12.0 Å². The lowest BCUT2D eigenvalue weighted by molar-refractivity contribution is 0.668. The Morgan fingerprint density at radius 3 is 1.25 bits per heavy atom. The first-order valence-electron chi connectivity index (χ1n) is 2.94. The van der Waals surface area contributed by atoms with E-state index < -0.39 is 0 Å². The van der Waals surface area contributed by atoms with Crippen LogP contribution in [0.5, 0.6) is 0 Å². The molecule has 0 aliphatic carbocycles. The Hall–Kier alpha value is -0.0400. The summed E-state index contributed by atoms with van der Waals surface area (Å²) in [6, 6.07) is 0.634. The molecular formula is C7H21N. The predicted octanol–water partition coefficient (Wildman–Crippen LogP) is 2.28. The van der Waals surface area contributed by atoms with Gasteiger partial charge in [0.15, 0.2) is 0 Å². The van der Waals surface area contributed by atoms with Crippen LogP contribution >= 0.6 is 0 Å². The second kappa shape index (κ2) is 15.8. The summed E-state index contributed by atoms with van der Waals surface area (Å²) in [5.41, 5.74) is 0. The highest BCUT2D eigenvalue weighted by Crippen LogP contribution is 1.66. The van der Waals surface area contributed by atoms with Gasteiger partial charge in [-0.1, -0.05) is 35.1 Å². The maximum Gasteiger partial charge on any atom is 0.000733 e. The van der Waals surface area contributed by atoms with E-state index in [0.29, 0.717) is 6.04 Å². The third-order valence-electron chi connectivity index (χ3n) is 0.577. The van der Waals surface area contributed by atoms with Gasteiger partial charge in [0, 0.05) is 6.04 Å². The third-order valence-corrected chi connectivity index (χ3v) is 0.577. The molecule has 0 fully saturated rings. The lowest BCUT2D eigenvalue weighted by Crippen LogP contribution is -2.15. The van der Waals surface area contributed by atoms with Gasteiger partial charge in [0.25, 0.3) is 0 Å². The molecule has 1 N–H and O–H groups in total. The summed E-state index contributed by atoms with van der Waals surface area (Å²) >= 11 is 0. The predicted molar refractivity (Wildman–Crippen MR) is 42.3 cm³/mol. The molecule has 0 saturated carbocycles. The molecule has 0 aromatic carbocycles. The zero-order chi connectivity index (χ0) is 6.28. The van der Waals surface area contributed by atoms with Crippen LogP contribution in [-0.4, -0.2) is 13.1 Å². The highest BCUT2D eigenvalue weighted by molar-refractivity contribution is 4.40. The van der Waals surface area contributed by atoms with Gasteiger partial charge in [-0.15, -0.1) is 0 Å². The standard InChI is InChI=1S/C4H11N.C2H6.CH4/c1-4(2)5-3;1-2;/h4-5H,1-3H3;1-2H3;1H4. The van der Waals surface area contributed by atoms with Crippen LogP contribution in [0.25, 0.3) is 0 Å². The molecule has 0 aromatic rings. The number of nitrogens with one attached hydrogen (secondary N) is 1. The van der Waals surface area contributed by atoms with Crippen LogP contribution < -0.4 is 5.32 Å². The molecule has 0 rings (SSSR count). The second-order valence-corrected chi connectivity index (χ2v) is 1.44. The van der Waals surface area contributed by atoms with Crippen molar-refractivity contribution in [2.75, 3.05) is 7.05 Å². The van der Waals surface area contributed by atoms with Crippen molar-refractivity contribution in [1.29, 1.82) is 0 Å². The Morgan fingerprint density at radius 1 is 1.12 bits per heavy atom. The zero-order valence-corrected chi connectivity index (χ0v) is 6.08. The SMILES string of the molecule is C.CC.CNC(C)C. The molecule has 8 heavy (non-hydrogen) atoms. The highest BCUT2D eigenvalue weighted by atomic mass is 14.8. The first-order chi connectivity index (χ1) is 3.27. The number of hydrogen-bond donors (Lipinski definition) is 1. The molecule has 0 bridgehead atoms. The molecule has 0 saturated heterocycles. The molecule has 0 aliphatic heterocycles. The molecule has 54 valence electrons. The summed E-state index contributed by atoms with van der Waals surface area (Å²) in [4.78, 5) is 0. The summed E-state index contributed by atoms with van der Waals surface area (Å²) < 4.78 is 0. The Morgan fingerprint density at radius 2 is 1.25 bits per heavy atom. The largest absolute Gasteiger partial charge is 0.318 e. The van der Waals surface area contributed by atoms with Gasteiger partial charge in [0.1, 0.15) is 0 Å². The van der Waals surface area contributed by atoms with Crippen LogP contribution in [0, 0.1) is 0 Å². The number of rotatable bonds is 1. The summed E-state index contributed by atoms with van der Waals surface area (Å²) in [6.07, 6.45) is 0. The van der Waals surface area contributed by atoms with Crippen molar-refractivity contribution in [3.63, 3.8) is 0 Å². The van der Waals surface area contributed by atoms with E-state index in [0.717, 1.165) is 0 Å². The van der Waals surface area contributed by atoms with Crippen LogP contribution in [0.1, 0.15) is 35.1 Å². The van der Waals surface area contributed by atoms with Crippen molar-refractivity contribution in [1.82, 2.24) is 5.32 Å². The molecule has 0 aliphatic rings. The van der Waals surface area contributed by atoms with E-state index in [4.69, 9.17) is 0 Å². The van der Waals surface area contributed by atoms with Crippen LogP contribution in [0.4, 0.5) is 0 Å². The van der Waals surface area contributed by atoms with Crippen LogP contribution in [0.2, 0.25) is 0 Å². The Balaban J connectivity index is -0.0000000750. The summed E-state index contributed by atoms with van der Waals surface area (Å²) in [5, 5.41) is 3.03. The zero-order valence-electron chi connectivity index (χ0n) is 6.08. The van der Waals surface area contributed by atoms with E-state index in [1.165, 1.54) is 0 Å². The molecule has 0 aromatic heterocycles. The molecule has 1 nitrogen and oxygen atoms in total. The van der Waals surface area contributed by atoms with E-state index in [-0.39, 0.29) is 7.43 Å². The Labute approximate surface area is 54.5 Å². The molecule has 0 unspecified atom stereocenters. The summed E-state index contributed by atoms with van der Waals surface area (Å²) in [5.74, 6) is 0. The van der Waals surface area contributed by atoms with Gasteiger partial charge in [-0.2, -0.15) is 0 Å². The van der Waals surface area contributed by atoms with Crippen molar-refractivity contribution >= 4 is 0 Å². The van der Waals surface area contributed by atoms with E-state index in [2.05, 4.69) is 19.2 Å². The van der Waals surface area contributed by atoms with E-state index in [1.807, 2.05) is 20.9 Å². The van der Waals surface area contributed by atoms with Crippen LogP contribution in [-0.2, 0) is 0 Å². The van der Waals surface area contributed by atoms with Gasteiger partial charge in [-0.25, -0.2) is 0 Å². The third kappa shape index (κ3) is 38.2. The molecule has 0 amide bonds. The smallest absolute Gasteiger partial charge is 0.000733 e. The molecule has 0 atom stereocenters. The lowest BCUT2D eigenvalue weighted by Gasteiger charge is -1.95. The fourth-order valence-electron chi connectivity index (χ4n) is 0. The van der Waals surface area contributed by atoms with E-state index >= 15 is 0 Å². The van der Waals surface area contributed by atoms with Gasteiger partial charge in [0.05, 0.1) is 0 Å². The molecular weight excluding hydrogens is 98.1 g/mol. The average Bonchev–Trinajstić information content (AvgIpc) is 1.73. The molecule has 0 heterocycles. The first-order valence-corrected chi connectivity index (χ1v) is 2.94. The quantitative estimate of drug-likeness (QED) is 0.558. The Kier molecular flexibility index (Phi) is 30.9. The van der Waals surface area contributed by atoms with Gasteiger partial charge in [0.2, 0.25) is 0 Å². The van der Waals surface area contributed by atoms with Crippen molar-refractivity contribution in [2.24, 2.45) is 0 Å². The van der Waals surface area contributed by atoms with Gasteiger partial charge >= 0.3 is 0 Å². The Bertz CT molecular complexity index is 18.3. The van der Waals surface area contributed by atoms with Crippen molar-refractivity contribution < 1.29 is 0 Å². The summed E-state index contributed by atoms with van der Waals surface area (Å²) in [7, 11) is 1.95. The molecule has 1 heteroatoms. The van der Waals surface area contributed by atoms with Gasteiger partial charge in [-0.05, 0) is 7.05 Å². The van der Waals surface area contributed by atoms with Gasteiger partial charge in [-0.3, -0.25) is 0 Å². The van der Waals surface area contributed by atoms with E-state index in [9.17, 15) is 0 Å². The van der Waals surface area contributed by atoms with Crippen molar-refractivity contribution in [3.05, 3.63) is 0 Å². The maximum atomic E-state index is 3.03. The average molecular weight is 119 g/mol. The minimum atomic E-state index is 0. The lowest BCUT2D eigenvalue weighted by atomic mass is 10.4. The first kappa shape index (κ1) is 15.7. The minimum Gasteiger partial charge on any atom is -0.318 e. The maximum absolute atomic E-state index is 3.03. The minimum absolute atomic E-state index is 0. The molecule has 0 spiro atoms. The monoisotopic (exact) mass is 119 g/mol. The fourth-order valence-corrected chi connectivity index (χ4v) is 0. The summed E-state index contributed by atoms with van der Waals surface area (Å²) in [6.45, 7) is 8.22. The fraction of sp³-hybridized carbons (Fsp3) is 1.00. The molecule has 0 radical (unpaired) electrons. The normalized spacial score (nSPS) is 6.75. The van der Waals surface area contributed by atoms with E-state index in [1.54, 1.807) is 0 Å². The van der Waals surface area contributed by atoms with Crippen molar-refractivity contribution in [3.8, 4) is 0 Å². The van der Waals surface area contributed by atoms with Gasteiger partial charge < -0.3 is 5.32 Å². The van der Waals surface area contributed by atoms with Crippen molar-refractivity contribution in [2.45, 2.75) is 41.2 Å². The number of hydrogen-bond acceptors (Lipinski definition) is 1. The second-order valence-electron chi connectivity index (χ2n) is 1.44.